The molecule has 0 atom stereocenters. The average Bonchev–Trinajstić information content (AvgIpc) is 2.66. The van der Waals surface area contributed by atoms with Crippen LogP contribution in [-0.2, 0) is 12.8 Å². The maximum Gasteiger partial charge on any atom is 0.345 e. The molecule has 0 saturated heterocycles. The monoisotopic (exact) mass is 334 g/mol. The Morgan fingerprint density at radius 3 is 2.60 bits per heavy atom. The van der Waals surface area contributed by atoms with Crippen LogP contribution < -0.4 is 15.2 Å². The second-order valence-corrected chi connectivity index (χ2v) is 5.97. The number of benzene rings is 2. The molecular weight excluding hydrogens is 316 g/mol. The largest absolute Gasteiger partial charge is 0.493 e. The summed E-state index contributed by atoms with van der Waals surface area (Å²) in [6.45, 7) is 0. The molecule has 1 N–H and O–H groups in total. The van der Waals surface area contributed by atoms with E-state index in [2.05, 4.69) is 16.0 Å². The molecule has 1 aromatic heterocycles. The Morgan fingerprint density at radius 2 is 1.80 bits per heavy atom. The number of H-pyrrole nitrogens is 1. The van der Waals surface area contributed by atoms with Gasteiger partial charge in [-0.3, -0.25) is 0 Å². The Morgan fingerprint density at radius 1 is 1.00 bits per heavy atom. The number of aromatic amines is 1. The van der Waals surface area contributed by atoms with Gasteiger partial charge in [0.1, 0.15) is 0 Å². The van der Waals surface area contributed by atoms with Crippen molar-refractivity contribution in [1.29, 1.82) is 0 Å². The van der Waals surface area contributed by atoms with Gasteiger partial charge in [0.05, 0.1) is 25.6 Å². The maximum atomic E-state index is 12.2. The van der Waals surface area contributed by atoms with Gasteiger partial charge in [-0.2, -0.15) is 4.98 Å². The van der Waals surface area contributed by atoms with Crippen molar-refractivity contribution in [3.05, 3.63) is 64.1 Å². The molecule has 3 aromatic rings. The molecule has 0 saturated carbocycles. The first-order chi connectivity index (χ1) is 12.2. The molecule has 0 unspecified atom stereocenters. The highest BCUT2D eigenvalue weighted by Crippen LogP contribution is 2.38. The molecule has 25 heavy (non-hydrogen) atoms. The fraction of sp³-hybridized carbons (Fsp3) is 0.200. The highest BCUT2D eigenvalue weighted by Gasteiger charge is 2.22. The molecule has 1 aliphatic rings. The van der Waals surface area contributed by atoms with Gasteiger partial charge < -0.3 is 14.5 Å². The summed E-state index contributed by atoms with van der Waals surface area (Å²) < 4.78 is 10.7. The Bertz CT molecular complexity index is 1010. The van der Waals surface area contributed by atoms with Crippen LogP contribution in [-0.4, -0.2) is 24.2 Å². The first-order valence-corrected chi connectivity index (χ1v) is 8.15. The van der Waals surface area contributed by atoms with Crippen LogP contribution in [0.1, 0.15) is 11.1 Å². The number of nitrogens with zero attached hydrogens (tertiary/aromatic N) is 1. The summed E-state index contributed by atoms with van der Waals surface area (Å²) in [6.07, 6.45) is 1.76. The minimum atomic E-state index is -0.347. The van der Waals surface area contributed by atoms with Crippen LogP contribution in [0.25, 0.3) is 22.5 Å². The number of aryl methyl sites for hydroxylation is 1. The van der Waals surface area contributed by atoms with E-state index in [1.54, 1.807) is 14.2 Å². The zero-order valence-electron chi connectivity index (χ0n) is 14.1. The molecule has 0 fully saturated rings. The van der Waals surface area contributed by atoms with Crippen molar-refractivity contribution in [3.8, 4) is 34.0 Å². The van der Waals surface area contributed by atoms with E-state index in [1.807, 2.05) is 36.4 Å². The number of nitrogens with one attached hydrogen (secondary N) is 1. The third-order valence-corrected chi connectivity index (χ3v) is 4.62. The molecule has 5 heteroatoms. The zero-order chi connectivity index (χ0) is 17.4. The smallest absolute Gasteiger partial charge is 0.345 e. The summed E-state index contributed by atoms with van der Waals surface area (Å²) in [4.78, 5) is 19.4. The zero-order valence-corrected chi connectivity index (χ0v) is 14.1. The van der Waals surface area contributed by atoms with E-state index in [4.69, 9.17) is 9.47 Å². The number of hydrogen-bond acceptors (Lipinski definition) is 4. The SMILES string of the molecule is COc1ccc(-c2nc(=O)[nH]c3c2CCc2ccccc2-3)cc1OC. The quantitative estimate of drug-likeness (QED) is 0.799. The molecule has 126 valence electrons. The van der Waals surface area contributed by atoms with Crippen LogP contribution in [0, 0.1) is 0 Å². The number of aromatic nitrogens is 2. The highest BCUT2D eigenvalue weighted by atomic mass is 16.5. The maximum absolute atomic E-state index is 12.2. The lowest BCUT2D eigenvalue weighted by Gasteiger charge is -2.21. The summed E-state index contributed by atoms with van der Waals surface area (Å²) in [5, 5.41) is 0. The van der Waals surface area contributed by atoms with Crippen LogP contribution >= 0.6 is 0 Å². The van der Waals surface area contributed by atoms with Gasteiger partial charge in [0.15, 0.2) is 11.5 Å². The summed E-state index contributed by atoms with van der Waals surface area (Å²) in [5.74, 6) is 1.27. The van der Waals surface area contributed by atoms with Gasteiger partial charge in [-0.1, -0.05) is 24.3 Å². The number of rotatable bonds is 3. The van der Waals surface area contributed by atoms with Gasteiger partial charge in [-0.05, 0) is 36.6 Å². The van der Waals surface area contributed by atoms with Gasteiger partial charge in [-0.15, -0.1) is 0 Å². The predicted octanol–water partition coefficient (Wildman–Crippen LogP) is 3.22. The minimum absolute atomic E-state index is 0.347. The lowest BCUT2D eigenvalue weighted by molar-refractivity contribution is 0.355. The van der Waals surface area contributed by atoms with Crippen LogP contribution in [0.15, 0.2) is 47.3 Å². The van der Waals surface area contributed by atoms with Crippen molar-refractivity contribution in [2.24, 2.45) is 0 Å². The molecule has 4 rings (SSSR count). The first kappa shape index (κ1) is 15.4. The number of hydrogen-bond donors (Lipinski definition) is 1. The van der Waals surface area contributed by atoms with E-state index >= 15 is 0 Å². The summed E-state index contributed by atoms with van der Waals surface area (Å²) in [7, 11) is 3.19. The second-order valence-electron chi connectivity index (χ2n) is 5.97. The summed E-state index contributed by atoms with van der Waals surface area (Å²) >= 11 is 0. The van der Waals surface area contributed by atoms with Crippen molar-refractivity contribution in [3.63, 3.8) is 0 Å². The highest BCUT2D eigenvalue weighted by molar-refractivity contribution is 5.77. The van der Waals surface area contributed by atoms with Crippen molar-refractivity contribution >= 4 is 0 Å². The number of fused-ring (bicyclic) bond motifs is 3. The van der Waals surface area contributed by atoms with Gasteiger partial charge >= 0.3 is 5.69 Å². The molecule has 1 aliphatic carbocycles. The fourth-order valence-corrected chi connectivity index (χ4v) is 3.44. The van der Waals surface area contributed by atoms with Crippen LogP contribution in [0.2, 0.25) is 0 Å². The van der Waals surface area contributed by atoms with E-state index in [-0.39, 0.29) is 5.69 Å². The summed E-state index contributed by atoms with van der Waals surface area (Å²) in [6, 6.07) is 13.8. The predicted molar refractivity (Wildman–Crippen MR) is 96.2 cm³/mol. The molecular formula is C20H18N2O3. The van der Waals surface area contributed by atoms with Crippen molar-refractivity contribution in [1.82, 2.24) is 9.97 Å². The van der Waals surface area contributed by atoms with Crippen LogP contribution in [0.4, 0.5) is 0 Å². The molecule has 0 amide bonds. The Hall–Kier alpha value is -3.08. The van der Waals surface area contributed by atoms with E-state index in [0.717, 1.165) is 35.2 Å². The van der Waals surface area contributed by atoms with Gasteiger partial charge in [0.2, 0.25) is 0 Å². The molecule has 0 spiro atoms. The Labute approximate surface area is 145 Å². The van der Waals surface area contributed by atoms with E-state index in [9.17, 15) is 4.79 Å². The van der Waals surface area contributed by atoms with E-state index in [0.29, 0.717) is 17.2 Å². The second kappa shape index (κ2) is 6.09. The van der Waals surface area contributed by atoms with Gasteiger partial charge in [0.25, 0.3) is 0 Å². The first-order valence-electron chi connectivity index (χ1n) is 8.15. The fourth-order valence-electron chi connectivity index (χ4n) is 3.44. The molecule has 5 nitrogen and oxygen atoms in total. The van der Waals surface area contributed by atoms with Crippen molar-refractivity contribution < 1.29 is 9.47 Å². The normalized spacial score (nSPS) is 12.2. The molecule has 0 bridgehead atoms. The lowest BCUT2D eigenvalue weighted by Crippen LogP contribution is -2.18. The number of ether oxygens (including phenoxy) is 2. The third kappa shape index (κ3) is 2.58. The van der Waals surface area contributed by atoms with Crippen molar-refractivity contribution in [2.45, 2.75) is 12.8 Å². The molecule has 2 aromatic carbocycles. The standard InChI is InChI=1S/C20H18N2O3/c1-24-16-10-8-13(11-17(16)25-2)18-15-9-7-12-5-3-4-6-14(12)19(15)22-20(23)21-18/h3-6,8,10-11H,7,9H2,1-2H3,(H,21,22,23). The molecule has 0 radical (unpaired) electrons. The van der Waals surface area contributed by atoms with Gasteiger partial charge in [-0.25, -0.2) is 4.79 Å². The van der Waals surface area contributed by atoms with Crippen molar-refractivity contribution in [2.75, 3.05) is 14.2 Å². The average molecular weight is 334 g/mol. The Balaban J connectivity index is 1.94. The summed E-state index contributed by atoms with van der Waals surface area (Å²) in [5.41, 5.74) is 5.45. The number of methoxy groups -OCH3 is 2. The van der Waals surface area contributed by atoms with Crippen LogP contribution in [0.5, 0.6) is 11.5 Å². The van der Waals surface area contributed by atoms with E-state index in [1.165, 1.54) is 5.56 Å². The minimum Gasteiger partial charge on any atom is -0.493 e. The van der Waals surface area contributed by atoms with E-state index < -0.39 is 0 Å². The topological polar surface area (TPSA) is 64.2 Å². The third-order valence-electron chi connectivity index (χ3n) is 4.62. The van der Waals surface area contributed by atoms with Crippen LogP contribution in [0.3, 0.4) is 0 Å². The Kier molecular flexibility index (Phi) is 3.76. The molecule has 0 aliphatic heterocycles. The molecule has 1 heterocycles. The lowest BCUT2D eigenvalue weighted by atomic mass is 9.87. The van der Waals surface area contributed by atoms with Gasteiger partial charge in [0, 0.05) is 16.7 Å².